The third-order valence-electron chi connectivity index (χ3n) is 5.07. The number of nitrogens with one attached hydrogen (secondary N) is 2. The van der Waals surface area contributed by atoms with Crippen LogP contribution in [0.25, 0.3) is 5.70 Å². The van der Waals surface area contributed by atoms with Crippen molar-refractivity contribution in [2.24, 2.45) is 16.6 Å². The Morgan fingerprint density at radius 1 is 1.35 bits per heavy atom. The van der Waals surface area contributed by atoms with Crippen molar-refractivity contribution in [1.29, 1.82) is 0 Å². The second-order valence-electron chi connectivity index (χ2n) is 7.73. The fraction of sp³-hybridized carbons (Fsp3) is 0.571. The molecule has 0 unspecified atom stereocenters. The first-order valence-electron chi connectivity index (χ1n) is 10.8. The van der Waals surface area contributed by atoms with Crippen molar-refractivity contribution in [2.75, 3.05) is 7.05 Å². The molecule has 172 valence electrons. The van der Waals surface area contributed by atoms with E-state index in [-0.39, 0.29) is 29.5 Å². The lowest BCUT2D eigenvalue weighted by molar-refractivity contribution is -0.119. The number of aromatic nitrogens is 1. The van der Waals surface area contributed by atoms with E-state index in [4.69, 9.17) is 16.3 Å². The van der Waals surface area contributed by atoms with Crippen LogP contribution in [0, 0.1) is 6.92 Å². The van der Waals surface area contributed by atoms with Gasteiger partial charge in [-0.1, -0.05) is 19.8 Å². The van der Waals surface area contributed by atoms with Crippen molar-refractivity contribution < 1.29 is 14.7 Å². The molecule has 0 atom stereocenters. The van der Waals surface area contributed by atoms with Gasteiger partial charge in [-0.15, -0.1) is 0 Å². The lowest BCUT2D eigenvalue weighted by Crippen LogP contribution is -2.40. The molecule has 1 aromatic heterocycles. The monoisotopic (exact) mass is 433 g/mol. The predicted octanol–water partition coefficient (Wildman–Crippen LogP) is 2.13. The van der Waals surface area contributed by atoms with Gasteiger partial charge >= 0.3 is 0 Å². The molecular formula is C21H35N7O3. The van der Waals surface area contributed by atoms with Crippen molar-refractivity contribution >= 4 is 17.6 Å². The quantitative estimate of drug-likeness (QED) is 0.181. The molecule has 2 rings (SSSR count). The summed E-state index contributed by atoms with van der Waals surface area (Å²) in [6, 6.07) is 3.58. The molecule has 0 aliphatic heterocycles. The Hall–Kier alpha value is -2.85. The number of ether oxygens (including phenoxy) is 1. The minimum absolute atomic E-state index is 0.125. The Kier molecular flexibility index (Phi) is 9.54. The number of amides is 1. The van der Waals surface area contributed by atoms with Gasteiger partial charge in [0.25, 0.3) is 0 Å². The molecule has 1 amide bonds. The number of hydrogen-bond acceptors (Lipinski definition) is 8. The maximum Gasteiger partial charge on any atom is 0.229 e. The minimum atomic E-state index is -0.280. The molecule has 0 bridgehead atoms. The molecule has 1 saturated carbocycles. The summed E-state index contributed by atoms with van der Waals surface area (Å²) in [5.74, 6) is 6.30. The fourth-order valence-electron chi connectivity index (χ4n) is 3.35. The summed E-state index contributed by atoms with van der Waals surface area (Å²) < 4.78 is 6.11. The Bertz CT molecular complexity index is 802. The van der Waals surface area contributed by atoms with E-state index in [0.717, 1.165) is 31.4 Å². The van der Waals surface area contributed by atoms with Gasteiger partial charge in [0.2, 0.25) is 11.9 Å². The number of hydroxylamine groups is 1. The molecule has 0 saturated heterocycles. The number of pyridine rings is 1. The zero-order valence-corrected chi connectivity index (χ0v) is 18.6. The van der Waals surface area contributed by atoms with Crippen LogP contribution < -0.4 is 27.1 Å². The van der Waals surface area contributed by atoms with Crippen molar-refractivity contribution in [3.05, 3.63) is 29.3 Å². The summed E-state index contributed by atoms with van der Waals surface area (Å²) >= 11 is 0. The van der Waals surface area contributed by atoms with Gasteiger partial charge in [-0.25, -0.2) is 16.3 Å². The summed E-state index contributed by atoms with van der Waals surface area (Å²) in [6.07, 6.45) is 7.88. The van der Waals surface area contributed by atoms with Crippen LogP contribution in [0.2, 0.25) is 0 Å². The van der Waals surface area contributed by atoms with Crippen molar-refractivity contribution in [2.45, 2.75) is 71.3 Å². The van der Waals surface area contributed by atoms with E-state index in [1.165, 1.54) is 24.3 Å². The minimum Gasteiger partial charge on any atom is -0.489 e. The Balaban J connectivity index is 2.24. The molecule has 31 heavy (non-hydrogen) atoms. The van der Waals surface area contributed by atoms with Gasteiger partial charge in [0.1, 0.15) is 11.4 Å². The number of nitrogens with two attached hydrogens (primary N) is 2. The summed E-state index contributed by atoms with van der Waals surface area (Å²) in [6.45, 7) is 3.84. The number of carbonyl (C=O) groups is 1. The maximum atomic E-state index is 11.9. The van der Waals surface area contributed by atoms with Gasteiger partial charge in [0.05, 0.1) is 17.5 Å². The van der Waals surface area contributed by atoms with Crippen LogP contribution in [-0.2, 0) is 4.79 Å². The van der Waals surface area contributed by atoms with Crippen LogP contribution in [0.15, 0.2) is 22.9 Å². The first kappa shape index (κ1) is 24.4. The third kappa shape index (κ3) is 7.41. The molecule has 10 nitrogen and oxygen atoms in total. The van der Waals surface area contributed by atoms with Gasteiger partial charge < -0.3 is 10.5 Å². The standard InChI is InChI=1S/C21H35N7O3/c1-4-5-11-18(29)25-21(27-30)26-20(28(3)23)19(22)16-12-13-17(14(2)24-16)31-15-9-7-6-8-10-15/h12-13,15,30H,4-11,22-23H2,1-3H3,(H2,25,26,27,29)/b20-19-. The lowest BCUT2D eigenvalue weighted by Gasteiger charge is -2.24. The average molecular weight is 434 g/mol. The SMILES string of the molecule is CCCCC(=O)NC(=N/C(=C(/N)c1ccc(OC2CCCCC2)c(C)n1)N(C)N)NO. The van der Waals surface area contributed by atoms with Crippen LogP contribution >= 0.6 is 0 Å². The lowest BCUT2D eigenvalue weighted by atomic mass is 9.98. The number of carbonyl (C=O) groups excluding carboxylic acids is 1. The molecule has 1 heterocycles. The number of hydrazine groups is 1. The molecule has 1 aliphatic rings. The van der Waals surface area contributed by atoms with E-state index in [0.29, 0.717) is 17.8 Å². The normalized spacial score (nSPS) is 15.8. The summed E-state index contributed by atoms with van der Waals surface area (Å²) in [5, 5.41) is 13.1. The van der Waals surface area contributed by atoms with Crippen molar-refractivity contribution in [3.8, 4) is 5.75 Å². The van der Waals surface area contributed by atoms with Crippen LogP contribution in [0.5, 0.6) is 5.75 Å². The molecule has 0 aromatic carbocycles. The molecule has 10 heteroatoms. The van der Waals surface area contributed by atoms with Crippen LogP contribution in [-0.4, -0.2) is 40.2 Å². The number of aryl methyl sites for hydroxylation is 1. The molecular weight excluding hydrogens is 398 g/mol. The smallest absolute Gasteiger partial charge is 0.229 e. The largest absolute Gasteiger partial charge is 0.489 e. The molecule has 7 N–H and O–H groups in total. The van der Waals surface area contributed by atoms with Crippen LogP contribution in [0.4, 0.5) is 0 Å². The molecule has 1 aliphatic carbocycles. The number of aliphatic imine (C=N–C) groups is 1. The van der Waals surface area contributed by atoms with E-state index in [1.54, 1.807) is 13.1 Å². The van der Waals surface area contributed by atoms with E-state index >= 15 is 0 Å². The highest BCUT2D eigenvalue weighted by atomic mass is 16.5. The van der Waals surface area contributed by atoms with Crippen molar-refractivity contribution in [1.82, 2.24) is 20.8 Å². The second kappa shape index (κ2) is 12.1. The predicted molar refractivity (Wildman–Crippen MR) is 120 cm³/mol. The van der Waals surface area contributed by atoms with Gasteiger partial charge in [0.15, 0.2) is 5.82 Å². The highest BCUT2D eigenvalue weighted by Crippen LogP contribution is 2.26. The van der Waals surface area contributed by atoms with Gasteiger partial charge in [-0.05, 0) is 51.2 Å². The first-order chi connectivity index (χ1) is 14.8. The van der Waals surface area contributed by atoms with Crippen molar-refractivity contribution in [3.63, 3.8) is 0 Å². The van der Waals surface area contributed by atoms with Gasteiger partial charge in [-0.3, -0.25) is 20.3 Å². The Morgan fingerprint density at radius 2 is 2.06 bits per heavy atom. The van der Waals surface area contributed by atoms with E-state index < -0.39 is 0 Å². The number of unbranched alkanes of at least 4 members (excludes halogenated alkanes) is 1. The molecule has 1 aromatic rings. The maximum absolute atomic E-state index is 11.9. The fourth-order valence-corrected chi connectivity index (χ4v) is 3.35. The van der Waals surface area contributed by atoms with E-state index in [2.05, 4.69) is 15.3 Å². The summed E-state index contributed by atoms with van der Waals surface area (Å²) in [5.41, 5.74) is 9.51. The number of hydrogen-bond donors (Lipinski definition) is 5. The topological polar surface area (TPSA) is 151 Å². The summed E-state index contributed by atoms with van der Waals surface area (Å²) in [7, 11) is 1.55. The van der Waals surface area contributed by atoms with Gasteiger partial charge in [-0.2, -0.15) is 4.99 Å². The van der Waals surface area contributed by atoms with E-state index in [9.17, 15) is 10.0 Å². The molecule has 0 spiro atoms. The highest BCUT2D eigenvalue weighted by Gasteiger charge is 2.18. The Labute approximate surface area is 183 Å². The second-order valence-corrected chi connectivity index (χ2v) is 7.73. The number of nitrogens with zero attached hydrogens (tertiary/aromatic N) is 3. The first-order valence-corrected chi connectivity index (χ1v) is 10.8. The highest BCUT2D eigenvalue weighted by molar-refractivity contribution is 5.97. The Morgan fingerprint density at radius 3 is 2.65 bits per heavy atom. The summed E-state index contributed by atoms with van der Waals surface area (Å²) in [4.78, 5) is 20.7. The molecule has 0 radical (unpaired) electrons. The molecule has 1 fully saturated rings. The van der Waals surface area contributed by atoms with E-state index in [1.807, 2.05) is 25.4 Å². The number of rotatable bonds is 8. The van der Waals surface area contributed by atoms with Gasteiger partial charge in [0, 0.05) is 13.5 Å². The van der Waals surface area contributed by atoms with Crippen LogP contribution in [0.1, 0.15) is 69.7 Å². The zero-order chi connectivity index (χ0) is 22.8. The number of guanidine groups is 1. The third-order valence-corrected chi connectivity index (χ3v) is 5.07. The van der Waals surface area contributed by atoms with Crippen LogP contribution in [0.3, 0.4) is 0 Å². The average Bonchev–Trinajstić information content (AvgIpc) is 2.76. The zero-order valence-electron chi connectivity index (χ0n) is 18.6.